The summed E-state index contributed by atoms with van der Waals surface area (Å²) in [5.41, 5.74) is 1.38. The van der Waals surface area contributed by atoms with Gasteiger partial charge in [0.1, 0.15) is 10.1 Å². The fourth-order valence-electron chi connectivity index (χ4n) is 2.09. The van der Waals surface area contributed by atoms with Crippen LogP contribution in [0.3, 0.4) is 0 Å². The molecule has 0 bridgehead atoms. The van der Waals surface area contributed by atoms with E-state index in [0.29, 0.717) is 37.8 Å². The summed E-state index contributed by atoms with van der Waals surface area (Å²) in [7, 11) is 0. The summed E-state index contributed by atoms with van der Waals surface area (Å²) in [4.78, 5) is 25.8. The fourth-order valence-corrected chi connectivity index (χ4v) is 3.60. The topological polar surface area (TPSA) is 46.6 Å². The van der Waals surface area contributed by atoms with Gasteiger partial charge in [0.15, 0.2) is 0 Å². The van der Waals surface area contributed by atoms with Gasteiger partial charge in [-0.05, 0) is 43.7 Å². The van der Waals surface area contributed by atoms with Crippen molar-refractivity contribution in [3.8, 4) is 5.75 Å². The van der Waals surface area contributed by atoms with Crippen molar-refractivity contribution in [3.05, 3.63) is 44.1 Å². The molecule has 0 aliphatic heterocycles. The van der Waals surface area contributed by atoms with Crippen molar-refractivity contribution in [3.63, 3.8) is 0 Å². The molecule has 1 aromatic carbocycles. The first-order valence-corrected chi connectivity index (χ1v) is 8.47. The third-order valence-electron chi connectivity index (χ3n) is 3.20. The Balaban J connectivity index is 2.29. The van der Waals surface area contributed by atoms with Gasteiger partial charge in [-0.15, -0.1) is 11.3 Å². The molecule has 0 saturated heterocycles. The van der Waals surface area contributed by atoms with E-state index in [4.69, 9.17) is 27.9 Å². The predicted octanol–water partition coefficient (Wildman–Crippen LogP) is 4.96. The first kappa shape index (κ1) is 17.8. The van der Waals surface area contributed by atoms with Gasteiger partial charge < -0.3 is 9.64 Å². The molecule has 1 heterocycles. The summed E-state index contributed by atoms with van der Waals surface area (Å²) in [6.45, 7) is 5.47. The van der Waals surface area contributed by atoms with E-state index in [-0.39, 0.29) is 11.9 Å². The van der Waals surface area contributed by atoms with Gasteiger partial charge in [-0.1, -0.05) is 23.2 Å². The summed E-state index contributed by atoms with van der Waals surface area (Å²) in [5, 5.41) is 0.418. The molecule has 0 saturated carbocycles. The van der Waals surface area contributed by atoms with Gasteiger partial charge >= 0.3 is 5.97 Å². The van der Waals surface area contributed by atoms with E-state index in [1.165, 1.54) is 18.3 Å². The SMILES string of the molecule is CCN(C(=O)c1sc(Cl)c(Cl)c1C)c1ccc(OC(C)=O)cc1. The molecule has 2 aromatic rings. The number of benzene rings is 1. The highest BCUT2D eigenvalue weighted by molar-refractivity contribution is 7.19. The van der Waals surface area contributed by atoms with Crippen LogP contribution >= 0.6 is 34.5 Å². The number of hydrogen-bond donors (Lipinski definition) is 0. The number of anilines is 1. The number of nitrogens with zero attached hydrogens (tertiary/aromatic N) is 1. The molecule has 122 valence electrons. The number of carbonyl (C=O) groups excluding carboxylic acids is 2. The second-order valence-corrected chi connectivity index (χ2v) is 6.78. The second kappa shape index (κ2) is 7.34. The van der Waals surface area contributed by atoms with E-state index < -0.39 is 0 Å². The van der Waals surface area contributed by atoms with Gasteiger partial charge in [0.2, 0.25) is 0 Å². The minimum Gasteiger partial charge on any atom is -0.427 e. The highest BCUT2D eigenvalue weighted by Crippen LogP contribution is 2.37. The van der Waals surface area contributed by atoms with Crippen molar-refractivity contribution in [2.75, 3.05) is 11.4 Å². The number of thiophene rings is 1. The van der Waals surface area contributed by atoms with Crippen LogP contribution in [0.15, 0.2) is 24.3 Å². The third kappa shape index (κ3) is 3.86. The van der Waals surface area contributed by atoms with E-state index in [0.717, 1.165) is 0 Å². The maximum absolute atomic E-state index is 12.8. The van der Waals surface area contributed by atoms with Gasteiger partial charge in [-0.25, -0.2) is 0 Å². The number of hydrogen-bond acceptors (Lipinski definition) is 4. The lowest BCUT2D eigenvalue weighted by Gasteiger charge is -2.21. The molecule has 0 fully saturated rings. The molecule has 4 nitrogen and oxygen atoms in total. The van der Waals surface area contributed by atoms with Gasteiger partial charge in [-0.3, -0.25) is 9.59 Å². The Morgan fingerprint density at radius 3 is 2.26 bits per heavy atom. The van der Waals surface area contributed by atoms with Crippen LogP contribution in [-0.4, -0.2) is 18.4 Å². The maximum Gasteiger partial charge on any atom is 0.308 e. The van der Waals surface area contributed by atoms with Crippen LogP contribution in [0.5, 0.6) is 5.75 Å². The van der Waals surface area contributed by atoms with E-state index >= 15 is 0 Å². The lowest BCUT2D eigenvalue weighted by Crippen LogP contribution is -2.30. The lowest BCUT2D eigenvalue weighted by molar-refractivity contribution is -0.131. The zero-order valence-corrected chi connectivity index (χ0v) is 15.2. The van der Waals surface area contributed by atoms with Crippen LogP contribution in [0, 0.1) is 6.92 Å². The summed E-state index contributed by atoms with van der Waals surface area (Å²) >= 11 is 13.2. The Bertz CT molecular complexity index is 741. The van der Waals surface area contributed by atoms with Gasteiger partial charge in [0, 0.05) is 19.2 Å². The zero-order valence-electron chi connectivity index (χ0n) is 12.9. The van der Waals surface area contributed by atoms with Crippen LogP contribution in [0.4, 0.5) is 5.69 Å². The minimum absolute atomic E-state index is 0.163. The molecule has 0 N–H and O–H groups in total. The highest BCUT2D eigenvalue weighted by Gasteiger charge is 2.23. The van der Waals surface area contributed by atoms with E-state index in [9.17, 15) is 9.59 Å². The Morgan fingerprint density at radius 1 is 1.22 bits per heavy atom. The van der Waals surface area contributed by atoms with Crippen molar-refractivity contribution in [1.82, 2.24) is 0 Å². The maximum atomic E-state index is 12.8. The molecule has 0 aliphatic rings. The largest absolute Gasteiger partial charge is 0.427 e. The Morgan fingerprint density at radius 2 is 1.83 bits per heavy atom. The van der Waals surface area contributed by atoms with Gasteiger partial charge in [0.25, 0.3) is 5.91 Å². The van der Waals surface area contributed by atoms with Gasteiger partial charge in [-0.2, -0.15) is 0 Å². The molecule has 1 amide bonds. The molecule has 0 radical (unpaired) electrons. The number of amides is 1. The highest BCUT2D eigenvalue weighted by atomic mass is 35.5. The second-order valence-electron chi connectivity index (χ2n) is 4.78. The summed E-state index contributed by atoms with van der Waals surface area (Å²) in [6.07, 6.45) is 0. The third-order valence-corrected chi connectivity index (χ3v) is 5.37. The van der Waals surface area contributed by atoms with Crippen molar-refractivity contribution in [2.24, 2.45) is 0 Å². The first-order valence-electron chi connectivity index (χ1n) is 6.89. The number of esters is 1. The van der Waals surface area contributed by atoms with Crippen LogP contribution in [0.25, 0.3) is 0 Å². The van der Waals surface area contributed by atoms with Crippen molar-refractivity contribution in [2.45, 2.75) is 20.8 Å². The van der Waals surface area contributed by atoms with Crippen LogP contribution < -0.4 is 9.64 Å². The van der Waals surface area contributed by atoms with Crippen LogP contribution in [0.1, 0.15) is 29.1 Å². The average Bonchev–Trinajstić information content (AvgIpc) is 2.76. The summed E-state index contributed by atoms with van der Waals surface area (Å²) in [6, 6.07) is 6.75. The number of rotatable bonds is 4. The molecule has 2 rings (SSSR count). The summed E-state index contributed by atoms with van der Waals surface area (Å²) < 4.78 is 5.40. The summed E-state index contributed by atoms with van der Waals surface area (Å²) in [5.74, 6) is -0.119. The monoisotopic (exact) mass is 371 g/mol. The van der Waals surface area contributed by atoms with Crippen LogP contribution in [-0.2, 0) is 4.79 Å². The predicted molar refractivity (Wildman–Crippen MR) is 94.2 cm³/mol. The Kier molecular flexibility index (Phi) is 5.68. The first-order chi connectivity index (χ1) is 10.8. The number of carbonyl (C=O) groups is 2. The normalized spacial score (nSPS) is 10.5. The smallest absolute Gasteiger partial charge is 0.308 e. The number of halogens is 2. The number of ether oxygens (including phenoxy) is 1. The van der Waals surface area contributed by atoms with Crippen LogP contribution in [0.2, 0.25) is 9.36 Å². The quantitative estimate of drug-likeness (QED) is 0.563. The van der Waals surface area contributed by atoms with Crippen molar-refractivity contribution >= 4 is 52.1 Å². The Labute approximate surface area is 148 Å². The molecular formula is C16H15Cl2NO3S. The molecule has 0 aliphatic carbocycles. The zero-order chi connectivity index (χ0) is 17.1. The average molecular weight is 372 g/mol. The molecule has 0 spiro atoms. The van der Waals surface area contributed by atoms with Crippen molar-refractivity contribution in [1.29, 1.82) is 0 Å². The standard InChI is InChI=1S/C16H15Cl2NO3S/c1-4-19(11-5-7-12(8-6-11)22-10(3)20)16(21)14-9(2)13(17)15(18)23-14/h5-8H,4H2,1-3H3. The van der Waals surface area contributed by atoms with E-state index in [1.807, 2.05) is 6.92 Å². The fraction of sp³-hybridized carbons (Fsp3) is 0.250. The van der Waals surface area contributed by atoms with E-state index in [1.54, 1.807) is 36.1 Å². The minimum atomic E-state index is -0.389. The molecule has 1 aromatic heterocycles. The van der Waals surface area contributed by atoms with E-state index in [2.05, 4.69) is 0 Å². The molecule has 23 heavy (non-hydrogen) atoms. The van der Waals surface area contributed by atoms with Crippen molar-refractivity contribution < 1.29 is 14.3 Å². The molecule has 0 atom stereocenters. The molecule has 0 unspecified atom stereocenters. The Hall–Kier alpha value is -1.56. The van der Waals surface area contributed by atoms with Gasteiger partial charge in [0.05, 0.1) is 9.90 Å². The lowest BCUT2D eigenvalue weighted by atomic mass is 10.2. The molecule has 7 heteroatoms. The molecular weight excluding hydrogens is 357 g/mol.